The van der Waals surface area contributed by atoms with Crippen LogP contribution in [-0.2, 0) is 16.6 Å². The largest absolute Gasteiger partial charge is 0.495 e. The van der Waals surface area contributed by atoms with E-state index in [9.17, 15) is 13.5 Å². The molecule has 7 heteroatoms. The van der Waals surface area contributed by atoms with E-state index in [2.05, 4.69) is 0 Å². The van der Waals surface area contributed by atoms with Gasteiger partial charge in [0.2, 0.25) is 10.0 Å². The molecule has 0 unspecified atom stereocenters. The van der Waals surface area contributed by atoms with Gasteiger partial charge in [0.25, 0.3) is 0 Å². The van der Waals surface area contributed by atoms with Crippen LogP contribution in [0.2, 0.25) is 0 Å². The Kier molecular flexibility index (Phi) is 6.60. The van der Waals surface area contributed by atoms with E-state index >= 15 is 0 Å². The molecule has 1 aromatic rings. The highest BCUT2D eigenvalue weighted by atomic mass is 32.2. The number of methoxy groups -OCH3 is 1. The summed E-state index contributed by atoms with van der Waals surface area (Å²) in [7, 11) is 3.24. The van der Waals surface area contributed by atoms with Gasteiger partial charge in [-0.05, 0) is 44.8 Å². The zero-order chi connectivity index (χ0) is 16.0. The molecule has 0 saturated carbocycles. The Labute approximate surface area is 127 Å². The van der Waals surface area contributed by atoms with Crippen LogP contribution in [0.1, 0.15) is 12.0 Å². The second-order valence-corrected chi connectivity index (χ2v) is 7.14. The van der Waals surface area contributed by atoms with Crippen molar-refractivity contribution in [2.75, 3.05) is 41.3 Å². The minimum atomic E-state index is -3.63. The van der Waals surface area contributed by atoms with Crippen LogP contribution in [0.3, 0.4) is 0 Å². The highest BCUT2D eigenvalue weighted by Crippen LogP contribution is 2.27. The predicted octanol–water partition coefficient (Wildman–Crippen LogP) is 0.760. The van der Waals surface area contributed by atoms with E-state index in [4.69, 9.17) is 4.74 Å². The van der Waals surface area contributed by atoms with Gasteiger partial charge in [-0.15, -0.1) is 0 Å². The van der Waals surface area contributed by atoms with Crippen molar-refractivity contribution in [3.63, 3.8) is 0 Å². The fraction of sp³-hybridized carbons (Fsp3) is 0.571. The molecule has 0 atom stereocenters. The van der Waals surface area contributed by atoms with Gasteiger partial charge >= 0.3 is 0 Å². The maximum Gasteiger partial charge on any atom is 0.246 e. The molecule has 0 aliphatic carbocycles. The molecule has 21 heavy (non-hydrogen) atoms. The van der Waals surface area contributed by atoms with Crippen molar-refractivity contribution in [2.45, 2.75) is 17.9 Å². The summed E-state index contributed by atoms with van der Waals surface area (Å²) in [5.74, 6) is 0.284. The molecule has 0 radical (unpaired) electrons. The van der Waals surface area contributed by atoms with Gasteiger partial charge in [0.1, 0.15) is 10.6 Å². The lowest BCUT2D eigenvalue weighted by Gasteiger charge is -2.20. The predicted molar refractivity (Wildman–Crippen MR) is 81.9 cm³/mol. The summed E-state index contributed by atoms with van der Waals surface area (Å²) < 4.78 is 31.7. The molecule has 0 amide bonds. The fourth-order valence-corrected chi connectivity index (χ4v) is 3.33. The van der Waals surface area contributed by atoms with Crippen molar-refractivity contribution in [3.8, 4) is 5.75 Å². The molecule has 0 heterocycles. The molecule has 120 valence electrons. The van der Waals surface area contributed by atoms with Crippen LogP contribution in [0.25, 0.3) is 0 Å². The molecule has 0 fully saturated rings. The molecular formula is C14H24N2O4S. The zero-order valence-electron chi connectivity index (χ0n) is 13.0. The van der Waals surface area contributed by atoms with Gasteiger partial charge in [0, 0.05) is 13.6 Å². The first-order valence-corrected chi connectivity index (χ1v) is 8.15. The molecule has 1 N–H and O–H groups in total. The van der Waals surface area contributed by atoms with Crippen LogP contribution in [-0.4, -0.2) is 64.1 Å². The van der Waals surface area contributed by atoms with Gasteiger partial charge < -0.3 is 14.7 Å². The first-order valence-electron chi connectivity index (χ1n) is 6.71. The van der Waals surface area contributed by atoms with Crippen LogP contribution in [0.5, 0.6) is 5.75 Å². The van der Waals surface area contributed by atoms with Gasteiger partial charge in [0.05, 0.1) is 13.7 Å². The summed E-state index contributed by atoms with van der Waals surface area (Å²) in [5.41, 5.74) is 0.538. The maximum atomic E-state index is 12.6. The fourth-order valence-electron chi connectivity index (χ4n) is 1.92. The Hall–Kier alpha value is -1.15. The minimum absolute atomic E-state index is 0.0869. The van der Waals surface area contributed by atoms with Gasteiger partial charge in [-0.25, -0.2) is 12.7 Å². The smallest absolute Gasteiger partial charge is 0.246 e. The first kappa shape index (κ1) is 17.9. The average molecular weight is 316 g/mol. The lowest BCUT2D eigenvalue weighted by molar-refractivity contribution is 0.281. The number of hydrogen-bond donors (Lipinski definition) is 1. The van der Waals surface area contributed by atoms with E-state index in [0.717, 1.165) is 13.0 Å². The second kappa shape index (κ2) is 7.74. The molecular weight excluding hydrogens is 292 g/mol. The van der Waals surface area contributed by atoms with E-state index in [-0.39, 0.29) is 17.3 Å². The summed E-state index contributed by atoms with van der Waals surface area (Å²) >= 11 is 0. The van der Waals surface area contributed by atoms with E-state index in [1.165, 1.54) is 17.5 Å². The Balaban J connectivity index is 3.00. The number of aliphatic hydroxyl groups excluding tert-OH is 1. The summed E-state index contributed by atoms with van der Waals surface area (Å²) in [5, 5.41) is 9.18. The number of sulfonamides is 1. The zero-order valence-corrected chi connectivity index (χ0v) is 13.9. The van der Waals surface area contributed by atoms with Crippen LogP contribution in [0.4, 0.5) is 0 Å². The Morgan fingerprint density at radius 3 is 2.38 bits per heavy atom. The monoisotopic (exact) mass is 316 g/mol. The van der Waals surface area contributed by atoms with E-state index in [0.29, 0.717) is 12.1 Å². The topological polar surface area (TPSA) is 70.1 Å². The Morgan fingerprint density at radius 1 is 1.19 bits per heavy atom. The van der Waals surface area contributed by atoms with Gasteiger partial charge in [0.15, 0.2) is 0 Å². The second-order valence-electron chi connectivity index (χ2n) is 5.13. The summed E-state index contributed by atoms with van der Waals surface area (Å²) in [6.07, 6.45) is 0.741. The first-order chi connectivity index (χ1) is 9.82. The van der Waals surface area contributed by atoms with E-state index in [1.54, 1.807) is 19.2 Å². The van der Waals surface area contributed by atoms with Crippen molar-refractivity contribution in [1.82, 2.24) is 9.21 Å². The Bertz CT molecular complexity index is 558. The van der Waals surface area contributed by atoms with Crippen LogP contribution >= 0.6 is 0 Å². The molecule has 0 saturated heterocycles. The molecule has 0 spiro atoms. The van der Waals surface area contributed by atoms with Gasteiger partial charge in [-0.3, -0.25) is 0 Å². The molecule has 1 rings (SSSR count). The third-order valence-corrected chi connectivity index (χ3v) is 5.06. The molecule has 0 aliphatic heterocycles. The van der Waals surface area contributed by atoms with Crippen molar-refractivity contribution in [3.05, 3.63) is 23.8 Å². The number of benzene rings is 1. The number of ether oxygens (including phenoxy) is 1. The molecule has 0 bridgehead atoms. The summed E-state index contributed by atoms with van der Waals surface area (Å²) in [4.78, 5) is 2.09. The normalized spacial score (nSPS) is 12.1. The molecule has 6 nitrogen and oxygen atoms in total. The van der Waals surface area contributed by atoms with E-state index in [1.807, 2.05) is 19.0 Å². The minimum Gasteiger partial charge on any atom is -0.495 e. The standard InChI is InChI=1S/C14H24N2O4S/c1-15(2)8-5-9-16(3)21(18,19)14-10-12(11-17)6-7-13(14)20-4/h6-7,10,17H,5,8-9,11H2,1-4H3. The SMILES string of the molecule is COc1ccc(CO)cc1S(=O)(=O)N(C)CCCN(C)C. The van der Waals surface area contributed by atoms with Crippen LogP contribution in [0, 0.1) is 0 Å². The lowest BCUT2D eigenvalue weighted by Crippen LogP contribution is -2.30. The van der Waals surface area contributed by atoms with Crippen LogP contribution < -0.4 is 4.74 Å². The quantitative estimate of drug-likeness (QED) is 0.767. The Morgan fingerprint density at radius 2 is 1.86 bits per heavy atom. The number of nitrogens with zero attached hydrogens (tertiary/aromatic N) is 2. The maximum absolute atomic E-state index is 12.6. The molecule has 0 aliphatic rings. The number of hydrogen-bond acceptors (Lipinski definition) is 5. The van der Waals surface area contributed by atoms with Crippen molar-refractivity contribution >= 4 is 10.0 Å². The molecule has 1 aromatic carbocycles. The third kappa shape index (κ3) is 4.67. The summed E-state index contributed by atoms with van der Waals surface area (Å²) in [6.45, 7) is 1.03. The average Bonchev–Trinajstić information content (AvgIpc) is 2.45. The highest BCUT2D eigenvalue weighted by molar-refractivity contribution is 7.89. The van der Waals surface area contributed by atoms with Crippen LogP contribution in [0.15, 0.2) is 23.1 Å². The van der Waals surface area contributed by atoms with Gasteiger partial charge in [-0.1, -0.05) is 6.07 Å². The highest BCUT2D eigenvalue weighted by Gasteiger charge is 2.24. The summed E-state index contributed by atoms with van der Waals surface area (Å²) in [6, 6.07) is 4.66. The number of rotatable bonds is 8. The lowest BCUT2D eigenvalue weighted by atomic mass is 10.2. The third-order valence-electron chi connectivity index (χ3n) is 3.18. The van der Waals surface area contributed by atoms with Crippen molar-refractivity contribution in [2.24, 2.45) is 0 Å². The number of aliphatic hydroxyl groups is 1. The van der Waals surface area contributed by atoms with Crippen molar-refractivity contribution in [1.29, 1.82) is 0 Å². The van der Waals surface area contributed by atoms with Crippen molar-refractivity contribution < 1.29 is 18.3 Å². The molecule has 0 aromatic heterocycles. The van der Waals surface area contributed by atoms with Gasteiger partial charge in [-0.2, -0.15) is 0 Å². The van der Waals surface area contributed by atoms with E-state index < -0.39 is 10.0 Å².